The van der Waals surface area contributed by atoms with Crippen molar-refractivity contribution in [2.75, 3.05) is 13.2 Å². The highest BCUT2D eigenvalue weighted by atomic mass is 28.4. The molecule has 0 aliphatic heterocycles. The molecular weight excluding hydrogens is 360 g/mol. The highest BCUT2D eigenvalue weighted by molar-refractivity contribution is 6.64. The molecule has 0 fully saturated rings. The van der Waals surface area contributed by atoms with Crippen LogP contribution in [0.1, 0.15) is 136 Å². The summed E-state index contributed by atoms with van der Waals surface area (Å²) in [4.78, 5) is 0. The number of rotatable bonds is 23. The van der Waals surface area contributed by atoms with Gasteiger partial charge in [0.2, 0.25) is 0 Å². The molecule has 0 rings (SSSR count). The summed E-state index contributed by atoms with van der Waals surface area (Å²) in [6.07, 6.45) is 26.1. The quantitative estimate of drug-likeness (QED) is 0.122. The van der Waals surface area contributed by atoms with E-state index < -0.39 is 8.56 Å². The summed E-state index contributed by atoms with van der Waals surface area (Å²) in [6, 6.07) is 0. The van der Waals surface area contributed by atoms with Crippen LogP contribution in [0, 0.1) is 0 Å². The van der Waals surface area contributed by atoms with Crippen LogP contribution in [0.4, 0.5) is 0 Å². The van der Waals surface area contributed by atoms with Gasteiger partial charge in [-0.25, -0.2) is 0 Å². The second-order valence-corrected chi connectivity index (χ2v) is 12.5. The molecule has 0 aliphatic rings. The standard InChI is InChI=1S/C25H54O2Si/c1-5-7-9-11-13-14-15-16-17-19-21-23-25-27-28(3,4)26-24-22-20-18-12-10-8-6-2/h5-25H2,1-4H3. The molecule has 0 aromatic carbocycles. The van der Waals surface area contributed by atoms with E-state index in [0.29, 0.717) is 0 Å². The largest absolute Gasteiger partial charge is 0.395 e. The summed E-state index contributed by atoms with van der Waals surface area (Å²) in [6.45, 7) is 10.8. The van der Waals surface area contributed by atoms with Gasteiger partial charge in [-0.2, -0.15) is 0 Å². The lowest BCUT2D eigenvalue weighted by Gasteiger charge is -2.23. The smallest absolute Gasteiger partial charge is 0.331 e. The summed E-state index contributed by atoms with van der Waals surface area (Å²) >= 11 is 0. The van der Waals surface area contributed by atoms with Gasteiger partial charge in [0.15, 0.2) is 0 Å². The van der Waals surface area contributed by atoms with Crippen LogP contribution in [0.15, 0.2) is 0 Å². The first-order chi connectivity index (χ1) is 13.6. The van der Waals surface area contributed by atoms with Crippen molar-refractivity contribution in [1.29, 1.82) is 0 Å². The van der Waals surface area contributed by atoms with Crippen molar-refractivity contribution in [2.45, 2.75) is 149 Å². The molecule has 0 heterocycles. The Labute approximate surface area is 179 Å². The molecule has 0 aromatic rings. The van der Waals surface area contributed by atoms with E-state index in [4.69, 9.17) is 8.85 Å². The van der Waals surface area contributed by atoms with E-state index in [-0.39, 0.29) is 0 Å². The summed E-state index contributed by atoms with van der Waals surface area (Å²) in [7, 11) is -1.88. The first-order valence-corrected chi connectivity index (χ1v) is 15.7. The Hall–Kier alpha value is 0.137. The Morgan fingerprint density at radius 3 is 0.929 bits per heavy atom. The van der Waals surface area contributed by atoms with Crippen LogP contribution < -0.4 is 0 Å². The maximum Gasteiger partial charge on any atom is 0.331 e. The van der Waals surface area contributed by atoms with Crippen LogP contribution in [-0.2, 0) is 8.85 Å². The lowest BCUT2D eigenvalue weighted by Crippen LogP contribution is -2.35. The van der Waals surface area contributed by atoms with E-state index in [2.05, 4.69) is 26.9 Å². The highest BCUT2D eigenvalue weighted by Gasteiger charge is 2.23. The number of hydrogen-bond acceptors (Lipinski definition) is 2. The molecule has 3 heteroatoms. The Balaban J connectivity index is 3.28. The molecule has 0 spiro atoms. The van der Waals surface area contributed by atoms with E-state index in [1.807, 2.05) is 0 Å². The summed E-state index contributed by atoms with van der Waals surface area (Å²) < 4.78 is 12.2. The van der Waals surface area contributed by atoms with Crippen molar-refractivity contribution < 1.29 is 8.85 Å². The zero-order valence-electron chi connectivity index (χ0n) is 20.2. The third kappa shape index (κ3) is 22.4. The number of unbranched alkanes of at least 4 members (excludes halogenated alkanes) is 17. The average Bonchev–Trinajstić information content (AvgIpc) is 2.67. The first-order valence-electron chi connectivity index (χ1n) is 12.9. The molecule has 0 aromatic heterocycles. The normalized spacial score (nSPS) is 12.0. The molecule has 0 amide bonds. The number of hydrogen-bond donors (Lipinski definition) is 0. The predicted molar refractivity (Wildman–Crippen MR) is 128 cm³/mol. The molecule has 0 aliphatic carbocycles. The average molecular weight is 415 g/mol. The van der Waals surface area contributed by atoms with Crippen LogP contribution in [0.3, 0.4) is 0 Å². The van der Waals surface area contributed by atoms with Gasteiger partial charge in [0, 0.05) is 13.2 Å². The molecule has 0 saturated heterocycles. The maximum absolute atomic E-state index is 6.10. The Morgan fingerprint density at radius 1 is 0.393 bits per heavy atom. The molecular formula is C25H54O2Si. The van der Waals surface area contributed by atoms with Gasteiger partial charge in [0.25, 0.3) is 0 Å². The Bertz CT molecular complexity index is 294. The molecule has 0 unspecified atom stereocenters. The van der Waals surface area contributed by atoms with Crippen LogP contribution >= 0.6 is 0 Å². The lowest BCUT2D eigenvalue weighted by atomic mass is 10.1. The second kappa shape index (κ2) is 21.8. The molecule has 0 N–H and O–H groups in total. The fourth-order valence-electron chi connectivity index (χ4n) is 3.68. The van der Waals surface area contributed by atoms with Crippen molar-refractivity contribution >= 4 is 8.56 Å². The van der Waals surface area contributed by atoms with E-state index in [9.17, 15) is 0 Å². The SMILES string of the molecule is CCCCCCCCCCCCCCO[Si](C)(C)OCCCCCCCCC. The third-order valence-corrected chi connectivity index (χ3v) is 7.44. The zero-order chi connectivity index (χ0) is 20.8. The van der Waals surface area contributed by atoms with Gasteiger partial charge in [-0.15, -0.1) is 0 Å². The van der Waals surface area contributed by atoms with Crippen molar-refractivity contribution in [2.24, 2.45) is 0 Å². The zero-order valence-corrected chi connectivity index (χ0v) is 21.2. The van der Waals surface area contributed by atoms with Crippen LogP contribution in [0.25, 0.3) is 0 Å². The van der Waals surface area contributed by atoms with Gasteiger partial charge in [0.05, 0.1) is 0 Å². The van der Waals surface area contributed by atoms with Crippen molar-refractivity contribution in [3.05, 3.63) is 0 Å². The minimum absolute atomic E-state index is 0.894. The first kappa shape index (κ1) is 28.1. The maximum atomic E-state index is 6.10. The van der Waals surface area contributed by atoms with Crippen LogP contribution in [0.5, 0.6) is 0 Å². The highest BCUT2D eigenvalue weighted by Crippen LogP contribution is 2.14. The molecule has 0 atom stereocenters. The molecule has 2 nitrogen and oxygen atoms in total. The third-order valence-electron chi connectivity index (χ3n) is 5.65. The van der Waals surface area contributed by atoms with Crippen molar-refractivity contribution in [3.8, 4) is 0 Å². The monoisotopic (exact) mass is 414 g/mol. The molecule has 0 radical (unpaired) electrons. The molecule has 0 saturated carbocycles. The van der Waals surface area contributed by atoms with Gasteiger partial charge in [-0.05, 0) is 25.9 Å². The van der Waals surface area contributed by atoms with Gasteiger partial charge < -0.3 is 8.85 Å². The Kier molecular flexibility index (Phi) is 21.9. The van der Waals surface area contributed by atoms with E-state index >= 15 is 0 Å². The predicted octanol–water partition coefficient (Wildman–Crippen LogP) is 9.17. The summed E-state index contributed by atoms with van der Waals surface area (Å²) in [5.74, 6) is 0. The van der Waals surface area contributed by atoms with E-state index in [1.165, 1.54) is 122 Å². The second-order valence-electron chi connectivity index (χ2n) is 9.11. The fourth-order valence-corrected chi connectivity index (χ4v) is 5.03. The molecule has 170 valence electrons. The van der Waals surface area contributed by atoms with Gasteiger partial charge in [0.1, 0.15) is 0 Å². The van der Waals surface area contributed by atoms with E-state index in [0.717, 1.165) is 13.2 Å². The van der Waals surface area contributed by atoms with Gasteiger partial charge in [-0.1, -0.05) is 123 Å². The van der Waals surface area contributed by atoms with Crippen LogP contribution in [-0.4, -0.2) is 21.8 Å². The summed E-state index contributed by atoms with van der Waals surface area (Å²) in [5, 5.41) is 0. The minimum atomic E-state index is -1.88. The minimum Gasteiger partial charge on any atom is -0.395 e. The van der Waals surface area contributed by atoms with Gasteiger partial charge in [-0.3, -0.25) is 0 Å². The summed E-state index contributed by atoms with van der Waals surface area (Å²) in [5.41, 5.74) is 0. The van der Waals surface area contributed by atoms with Gasteiger partial charge >= 0.3 is 8.56 Å². The van der Waals surface area contributed by atoms with Crippen molar-refractivity contribution in [3.63, 3.8) is 0 Å². The molecule has 0 bridgehead atoms. The van der Waals surface area contributed by atoms with Crippen molar-refractivity contribution in [1.82, 2.24) is 0 Å². The Morgan fingerprint density at radius 2 is 0.643 bits per heavy atom. The molecule has 28 heavy (non-hydrogen) atoms. The topological polar surface area (TPSA) is 18.5 Å². The fraction of sp³-hybridized carbons (Fsp3) is 1.00. The lowest BCUT2D eigenvalue weighted by molar-refractivity contribution is 0.172. The van der Waals surface area contributed by atoms with E-state index in [1.54, 1.807) is 0 Å². The van der Waals surface area contributed by atoms with Crippen LogP contribution in [0.2, 0.25) is 13.1 Å².